The van der Waals surface area contributed by atoms with E-state index in [0.29, 0.717) is 18.7 Å². The zero-order valence-corrected chi connectivity index (χ0v) is 12.1. The number of nitrogens with one attached hydrogen (secondary N) is 1. The average Bonchev–Trinajstić information content (AvgIpc) is 2.42. The second kappa shape index (κ2) is 7.62. The minimum atomic E-state index is -0.356. The van der Waals surface area contributed by atoms with Crippen molar-refractivity contribution in [3.05, 3.63) is 0 Å². The van der Waals surface area contributed by atoms with Crippen molar-refractivity contribution in [3.63, 3.8) is 0 Å². The Morgan fingerprint density at radius 2 is 2.10 bits per heavy atom. The maximum Gasteiger partial charge on any atom is 0.307 e. The third-order valence-corrected chi connectivity index (χ3v) is 2.84. The van der Waals surface area contributed by atoms with Crippen LogP contribution in [-0.4, -0.2) is 48.6 Å². The van der Waals surface area contributed by atoms with Crippen LogP contribution in [0.3, 0.4) is 0 Å². The van der Waals surface area contributed by atoms with Gasteiger partial charge in [-0.25, -0.2) is 5.43 Å². The van der Waals surface area contributed by atoms with E-state index in [1.54, 1.807) is 4.90 Å². The third-order valence-electron chi connectivity index (χ3n) is 2.84. The molecule has 0 unspecified atom stereocenters. The van der Waals surface area contributed by atoms with E-state index in [9.17, 15) is 14.4 Å². The molecule has 20 heavy (non-hydrogen) atoms. The van der Waals surface area contributed by atoms with E-state index in [-0.39, 0.29) is 43.1 Å². The first-order chi connectivity index (χ1) is 9.43. The van der Waals surface area contributed by atoms with Crippen molar-refractivity contribution in [3.8, 4) is 0 Å². The monoisotopic (exact) mass is 283 g/mol. The Morgan fingerprint density at radius 3 is 2.60 bits per heavy atom. The lowest BCUT2D eigenvalue weighted by Gasteiger charge is -2.25. The van der Waals surface area contributed by atoms with Gasteiger partial charge in [0.15, 0.2) is 0 Å². The molecule has 1 heterocycles. The van der Waals surface area contributed by atoms with Gasteiger partial charge in [0.1, 0.15) is 5.71 Å². The molecule has 1 aliphatic rings. The number of nitrogens with zero attached hydrogens (tertiary/aromatic N) is 2. The van der Waals surface area contributed by atoms with Gasteiger partial charge in [0.05, 0.1) is 13.5 Å². The normalized spacial score (nSPS) is 14.6. The number of hydrogen-bond donors (Lipinski definition) is 1. The Balaban J connectivity index is 2.68. The van der Waals surface area contributed by atoms with E-state index in [1.807, 2.05) is 13.8 Å². The second-order valence-electron chi connectivity index (χ2n) is 5.06. The second-order valence-corrected chi connectivity index (χ2v) is 5.06. The van der Waals surface area contributed by atoms with Gasteiger partial charge in [-0.05, 0) is 5.92 Å². The van der Waals surface area contributed by atoms with Gasteiger partial charge in [-0.3, -0.25) is 14.4 Å². The first-order valence-corrected chi connectivity index (χ1v) is 6.65. The van der Waals surface area contributed by atoms with Crippen molar-refractivity contribution in [2.45, 2.75) is 33.1 Å². The molecule has 0 fully saturated rings. The molecule has 1 N–H and O–H groups in total. The van der Waals surface area contributed by atoms with Gasteiger partial charge in [-0.15, -0.1) is 0 Å². The fourth-order valence-corrected chi connectivity index (χ4v) is 1.86. The number of carbonyl (C=O) groups excluding carboxylic acids is 3. The molecule has 0 bridgehead atoms. The molecule has 0 aliphatic carbocycles. The zero-order valence-electron chi connectivity index (χ0n) is 12.1. The van der Waals surface area contributed by atoms with Crippen molar-refractivity contribution >= 4 is 23.5 Å². The summed E-state index contributed by atoms with van der Waals surface area (Å²) < 4.78 is 4.58. The number of hydrazone groups is 1. The van der Waals surface area contributed by atoms with E-state index in [0.717, 1.165) is 0 Å². The van der Waals surface area contributed by atoms with Crippen molar-refractivity contribution in [2.24, 2.45) is 11.0 Å². The van der Waals surface area contributed by atoms with Gasteiger partial charge in [-0.1, -0.05) is 13.8 Å². The maximum atomic E-state index is 12.3. The van der Waals surface area contributed by atoms with Gasteiger partial charge < -0.3 is 9.64 Å². The van der Waals surface area contributed by atoms with Gasteiger partial charge in [0.2, 0.25) is 5.91 Å². The predicted molar refractivity (Wildman–Crippen MR) is 72.9 cm³/mol. The molecule has 0 aromatic rings. The van der Waals surface area contributed by atoms with Crippen molar-refractivity contribution in [1.29, 1.82) is 0 Å². The Morgan fingerprint density at radius 1 is 1.40 bits per heavy atom. The number of methoxy groups -OCH3 is 1. The first kappa shape index (κ1) is 16.1. The lowest BCUT2D eigenvalue weighted by molar-refractivity contribution is -0.141. The highest BCUT2D eigenvalue weighted by Crippen LogP contribution is 2.07. The van der Waals surface area contributed by atoms with E-state index < -0.39 is 0 Å². The highest BCUT2D eigenvalue weighted by Gasteiger charge is 2.24. The summed E-state index contributed by atoms with van der Waals surface area (Å²) in [6.45, 7) is 4.80. The van der Waals surface area contributed by atoms with Crippen LogP contribution in [0.5, 0.6) is 0 Å². The maximum absolute atomic E-state index is 12.3. The minimum Gasteiger partial charge on any atom is -0.469 e. The number of ether oxygens (including phenoxy) is 1. The number of esters is 1. The Kier molecular flexibility index (Phi) is 6.14. The molecule has 0 atom stereocenters. The smallest absolute Gasteiger partial charge is 0.307 e. The summed E-state index contributed by atoms with van der Waals surface area (Å²) in [6, 6.07) is 0. The topological polar surface area (TPSA) is 88.1 Å². The summed E-state index contributed by atoms with van der Waals surface area (Å²) in [6.07, 6.45) is 0.739. The first-order valence-electron chi connectivity index (χ1n) is 6.65. The lowest BCUT2D eigenvalue weighted by atomic mass is 10.1. The summed E-state index contributed by atoms with van der Waals surface area (Å²) >= 11 is 0. The highest BCUT2D eigenvalue weighted by atomic mass is 16.5. The molecule has 0 radical (unpaired) electrons. The predicted octanol–water partition coefficient (Wildman–Crippen LogP) is 0.300. The number of hydrogen-bond acceptors (Lipinski definition) is 5. The number of rotatable bonds is 6. The van der Waals surface area contributed by atoms with Gasteiger partial charge >= 0.3 is 5.97 Å². The molecule has 7 nitrogen and oxygen atoms in total. The summed E-state index contributed by atoms with van der Waals surface area (Å²) in [4.78, 5) is 36.1. The molecular weight excluding hydrogens is 262 g/mol. The minimum absolute atomic E-state index is 0.147. The molecule has 7 heteroatoms. The molecule has 0 aromatic heterocycles. The molecule has 0 saturated carbocycles. The van der Waals surface area contributed by atoms with Gasteiger partial charge in [0.25, 0.3) is 5.91 Å². The van der Waals surface area contributed by atoms with Crippen LogP contribution in [0.1, 0.15) is 33.1 Å². The van der Waals surface area contributed by atoms with Crippen LogP contribution >= 0.6 is 0 Å². The third kappa shape index (κ3) is 4.99. The van der Waals surface area contributed by atoms with Crippen LogP contribution in [0.4, 0.5) is 0 Å². The van der Waals surface area contributed by atoms with Crippen LogP contribution in [0, 0.1) is 5.92 Å². The Bertz CT molecular complexity index is 418. The van der Waals surface area contributed by atoms with Crippen LogP contribution in [0.2, 0.25) is 0 Å². The molecule has 1 rings (SSSR count). The van der Waals surface area contributed by atoms with Crippen LogP contribution in [0.25, 0.3) is 0 Å². The molecule has 0 saturated heterocycles. The summed E-state index contributed by atoms with van der Waals surface area (Å²) in [5, 5.41) is 3.80. The van der Waals surface area contributed by atoms with Crippen LogP contribution in [-0.2, 0) is 19.1 Å². The summed E-state index contributed by atoms with van der Waals surface area (Å²) in [7, 11) is 1.32. The lowest BCUT2D eigenvalue weighted by Crippen LogP contribution is -2.42. The number of amides is 2. The fraction of sp³-hybridized carbons (Fsp3) is 0.692. The molecule has 2 amide bonds. The molecule has 0 spiro atoms. The van der Waals surface area contributed by atoms with E-state index >= 15 is 0 Å². The van der Waals surface area contributed by atoms with Crippen molar-refractivity contribution < 1.29 is 19.1 Å². The van der Waals surface area contributed by atoms with Gasteiger partial charge in [0, 0.05) is 25.9 Å². The SMILES string of the molecule is COC(=O)CCN(CC(C)C)C(=O)C1=NNC(=O)CC1. The fourth-order valence-electron chi connectivity index (χ4n) is 1.86. The number of carbonyl (C=O) groups is 3. The quantitative estimate of drug-likeness (QED) is 0.710. The summed E-state index contributed by atoms with van der Waals surface area (Å²) in [5.74, 6) is -0.505. The standard InChI is InChI=1S/C13H21N3O4/c1-9(2)8-16(7-6-12(18)20-3)13(19)10-4-5-11(17)15-14-10/h9H,4-8H2,1-3H3,(H,15,17). The van der Waals surface area contributed by atoms with Crippen molar-refractivity contribution in [1.82, 2.24) is 10.3 Å². The van der Waals surface area contributed by atoms with Crippen molar-refractivity contribution in [2.75, 3.05) is 20.2 Å². The molecule has 1 aliphatic heterocycles. The molecule has 0 aromatic carbocycles. The molecule has 112 valence electrons. The van der Waals surface area contributed by atoms with E-state index in [1.165, 1.54) is 7.11 Å². The van der Waals surface area contributed by atoms with E-state index in [2.05, 4.69) is 15.3 Å². The molecular formula is C13H21N3O4. The Labute approximate surface area is 118 Å². The largest absolute Gasteiger partial charge is 0.469 e. The van der Waals surface area contributed by atoms with Gasteiger partial charge in [-0.2, -0.15) is 5.10 Å². The Hall–Kier alpha value is -1.92. The highest BCUT2D eigenvalue weighted by molar-refractivity contribution is 6.39. The summed E-state index contributed by atoms with van der Waals surface area (Å²) in [5.41, 5.74) is 2.64. The average molecular weight is 283 g/mol. The van der Waals surface area contributed by atoms with Crippen LogP contribution < -0.4 is 5.43 Å². The zero-order chi connectivity index (χ0) is 15.1. The van der Waals surface area contributed by atoms with E-state index in [4.69, 9.17) is 0 Å². The van der Waals surface area contributed by atoms with Crippen LogP contribution in [0.15, 0.2) is 5.10 Å².